The third-order valence-electron chi connectivity index (χ3n) is 2.57. The zero-order valence-electron chi connectivity index (χ0n) is 10.2. The molecule has 0 unspecified atom stereocenters. The Bertz CT molecular complexity index is 364. The van der Waals surface area contributed by atoms with Gasteiger partial charge in [0.15, 0.2) is 0 Å². The van der Waals surface area contributed by atoms with Crippen LogP contribution in [0.4, 0.5) is 0 Å². The molecule has 0 bridgehead atoms. The Morgan fingerprint density at radius 3 is 2.31 bits per heavy atom. The molecule has 0 aromatic heterocycles. The Morgan fingerprint density at radius 2 is 1.88 bits per heavy atom. The van der Waals surface area contributed by atoms with Crippen molar-refractivity contribution < 1.29 is 14.6 Å². The molecule has 0 saturated heterocycles. The molecule has 4 heteroatoms. The van der Waals surface area contributed by atoms with Crippen molar-refractivity contribution in [3.63, 3.8) is 0 Å². The first-order valence-corrected chi connectivity index (χ1v) is 5.17. The molecule has 90 valence electrons. The second-order valence-electron chi connectivity index (χ2n) is 3.86. The van der Waals surface area contributed by atoms with Crippen LogP contribution >= 0.6 is 0 Å². The van der Waals surface area contributed by atoms with Crippen LogP contribution in [0, 0.1) is 6.92 Å². The van der Waals surface area contributed by atoms with E-state index in [1.54, 1.807) is 27.2 Å². The highest BCUT2D eigenvalue weighted by Crippen LogP contribution is 2.33. The maximum atomic E-state index is 10.0. The molecule has 1 aromatic rings. The normalized spacial score (nSPS) is 14.4. The number of hydrogen-bond acceptors (Lipinski definition) is 4. The van der Waals surface area contributed by atoms with Crippen LogP contribution in [0.5, 0.6) is 11.5 Å². The molecule has 0 saturated carbocycles. The van der Waals surface area contributed by atoms with E-state index in [1.807, 2.05) is 13.0 Å². The van der Waals surface area contributed by atoms with Crippen LogP contribution in [0.15, 0.2) is 12.1 Å². The summed E-state index contributed by atoms with van der Waals surface area (Å²) in [4.78, 5) is 0. The molecule has 0 heterocycles. The van der Waals surface area contributed by atoms with Gasteiger partial charge < -0.3 is 20.3 Å². The van der Waals surface area contributed by atoms with Crippen LogP contribution < -0.4 is 15.2 Å². The summed E-state index contributed by atoms with van der Waals surface area (Å²) in [6.07, 6.45) is -0.735. The van der Waals surface area contributed by atoms with Gasteiger partial charge in [-0.05, 0) is 25.5 Å². The van der Waals surface area contributed by atoms with E-state index in [0.29, 0.717) is 11.5 Å². The Labute approximate surface area is 96.0 Å². The number of aliphatic hydroxyl groups excluding tert-OH is 1. The van der Waals surface area contributed by atoms with Crippen molar-refractivity contribution in [3.8, 4) is 11.5 Å². The summed E-state index contributed by atoms with van der Waals surface area (Å²) in [7, 11) is 3.15. The Morgan fingerprint density at radius 1 is 1.25 bits per heavy atom. The average Bonchev–Trinajstić information content (AvgIpc) is 2.26. The lowest BCUT2D eigenvalue weighted by Crippen LogP contribution is -2.25. The number of ether oxygens (including phenoxy) is 2. The van der Waals surface area contributed by atoms with Gasteiger partial charge in [0.2, 0.25) is 0 Å². The molecule has 16 heavy (non-hydrogen) atoms. The van der Waals surface area contributed by atoms with Crippen molar-refractivity contribution in [3.05, 3.63) is 23.3 Å². The summed E-state index contributed by atoms with van der Waals surface area (Å²) in [6.45, 7) is 3.65. The molecule has 2 atom stereocenters. The van der Waals surface area contributed by atoms with E-state index in [4.69, 9.17) is 15.2 Å². The molecule has 0 amide bonds. The number of aryl methyl sites for hydroxylation is 1. The van der Waals surface area contributed by atoms with Gasteiger partial charge in [-0.1, -0.05) is 0 Å². The molecule has 0 spiro atoms. The second kappa shape index (κ2) is 5.18. The third-order valence-corrected chi connectivity index (χ3v) is 2.57. The first-order chi connectivity index (χ1) is 7.51. The van der Waals surface area contributed by atoms with Crippen LogP contribution in [-0.4, -0.2) is 25.4 Å². The maximum absolute atomic E-state index is 10.0. The first kappa shape index (κ1) is 12.8. The Balaban J connectivity index is 3.26. The highest BCUT2D eigenvalue weighted by atomic mass is 16.5. The predicted molar refractivity (Wildman–Crippen MR) is 62.9 cm³/mol. The van der Waals surface area contributed by atoms with Gasteiger partial charge >= 0.3 is 0 Å². The van der Waals surface area contributed by atoms with E-state index in [2.05, 4.69) is 0 Å². The van der Waals surface area contributed by atoms with Crippen molar-refractivity contribution in [1.82, 2.24) is 0 Å². The van der Waals surface area contributed by atoms with Crippen molar-refractivity contribution in [1.29, 1.82) is 0 Å². The second-order valence-corrected chi connectivity index (χ2v) is 3.86. The first-order valence-electron chi connectivity index (χ1n) is 5.17. The van der Waals surface area contributed by atoms with Gasteiger partial charge in [-0.2, -0.15) is 0 Å². The molecule has 0 aliphatic heterocycles. The molecule has 1 rings (SSSR count). The number of aliphatic hydroxyl groups is 1. The van der Waals surface area contributed by atoms with E-state index >= 15 is 0 Å². The van der Waals surface area contributed by atoms with Crippen molar-refractivity contribution in [2.24, 2.45) is 5.73 Å². The summed E-state index contributed by atoms with van der Waals surface area (Å²) in [5.74, 6) is 1.30. The summed E-state index contributed by atoms with van der Waals surface area (Å²) in [5, 5.41) is 10.0. The highest BCUT2D eigenvalue weighted by Gasteiger charge is 2.20. The molecule has 3 N–H and O–H groups in total. The standard InChI is InChI=1S/C12H19NO3/c1-7-5-9(15-3)6-10(16-4)11(7)12(14)8(2)13/h5-6,8,12,14H,13H2,1-4H3/t8-,12-/m0/s1. The monoisotopic (exact) mass is 225 g/mol. The van der Waals surface area contributed by atoms with Crippen LogP contribution in [0.25, 0.3) is 0 Å². The maximum Gasteiger partial charge on any atom is 0.128 e. The van der Waals surface area contributed by atoms with E-state index in [9.17, 15) is 5.11 Å². The van der Waals surface area contributed by atoms with Gasteiger partial charge in [0.05, 0.1) is 20.3 Å². The summed E-state index contributed by atoms with van der Waals surface area (Å²) in [6, 6.07) is 3.25. The van der Waals surface area contributed by atoms with Gasteiger partial charge in [0.1, 0.15) is 11.5 Å². The fraction of sp³-hybridized carbons (Fsp3) is 0.500. The van der Waals surface area contributed by atoms with Crippen LogP contribution in [0.2, 0.25) is 0 Å². The molecule has 0 fully saturated rings. The lowest BCUT2D eigenvalue weighted by atomic mass is 9.97. The third kappa shape index (κ3) is 2.46. The molecule has 0 aliphatic rings. The van der Waals surface area contributed by atoms with Gasteiger partial charge in [0.25, 0.3) is 0 Å². The zero-order chi connectivity index (χ0) is 12.3. The smallest absolute Gasteiger partial charge is 0.128 e. The number of methoxy groups -OCH3 is 2. The minimum atomic E-state index is -0.735. The average molecular weight is 225 g/mol. The van der Waals surface area contributed by atoms with Crippen LogP contribution in [0.1, 0.15) is 24.2 Å². The number of hydrogen-bond donors (Lipinski definition) is 2. The van der Waals surface area contributed by atoms with E-state index in [-0.39, 0.29) is 6.04 Å². The SMILES string of the molecule is COc1cc(C)c([C@@H](O)[C@H](C)N)c(OC)c1. The zero-order valence-corrected chi connectivity index (χ0v) is 10.2. The number of rotatable bonds is 4. The highest BCUT2D eigenvalue weighted by molar-refractivity contribution is 5.47. The van der Waals surface area contributed by atoms with Gasteiger partial charge in [-0.25, -0.2) is 0 Å². The molecule has 1 aromatic carbocycles. The summed E-state index contributed by atoms with van der Waals surface area (Å²) < 4.78 is 10.4. The molecule has 0 aliphatic carbocycles. The lowest BCUT2D eigenvalue weighted by Gasteiger charge is -2.21. The quantitative estimate of drug-likeness (QED) is 0.812. The van der Waals surface area contributed by atoms with Crippen molar-refractivity contribution >= 4 is 0 Å². The topological polar surface area (TPSA) is 64.7 Å². The predicted octanol–water partition coefficient (Wildman–Crippen LogP) is 1.39. The van der Waals surface area contributed by atoms with E-state index in [1.165, 1.54) is 0 Å². The lowest BCUT2D eigenvalue weighted by molar-refractivity contribution is 0.148. The van der Waals surface area contributed by atoms with Crippen molar-refractivity contribution in [2.75, 3.05) is 14.2 Å². The number of nitrogens with two attached hydrogens (primary N) is 1. The fourth-order valence-electron chi connectivity index (χ4n) is 1.66. The number of benzene rings is 1. The van der Waals surface area contributed by atoms with Crippen molar-refractivity contribution in [2.45, 2.75) is 26.0 Å². The Kier molecular flexibility index (Phi) is 4.15. The fourth-order valence-corrected chi connectivity index (χ4v) is 1.66. The summed E-state index contributed by atoms with van der Waals surface area (Å²) >= 11 is 0. The molecule has 4 nitrogen and oxygen atoms in total. The Hall–Kier alpha value is -1.26. The van der Waals surface area contributed by atoms with Gasteiger partial charge in [0, 0.05) is 17.7 Å². The van der Waals surface area contributed by atoms with E-state index < -0.39 is 6.10 Å². The molecular formula is C12H19NO3. The molecular weight excluding hydrogens is 206 g/mol. The minimum Gasteiger partial charge on any atom is -0.497 e. The summed E-state index contributed by atoms with van der Waals surface area (Å²) in [5.41, 5.74) is 7.32. The van der Waals surface area contributed by atoms with Crippen LogP contribution in [0.3, 0.4) is 0 Å². The van der Waals surface area contributed by atoms with Gasteiger partial charge in [-0.15, -0.1) is 0 Å². The van der Waals surface area contributed by atoms with Gasteiger partial charge in [-0.3, -0.25) is 0 Å². The van der Waals surface area contributed by atoms with E-state index in [0.717, 1.165) is 11.1 Å². The molecule has 0 radical (unpaired) electrons. The minimum absolute atomic E-state index is 0.346. The van der Waals surface area contributed by atoms with Crippen LogP contribution in [-0.2, 0) is 0 Å². The largest absolute Gasteiger partial charge is 0.497 e.